The molecule has 0 atom stereocenters. The van der Waals surface area contributed by atoms with Crippen LogP contribution in [0.3, 0.4) is 0 Å². The standard InChI is InChI=1S/C14H32OSi/c1-14(2,3)12-10-8-6-4-5-7-9-11-13-16-15/h15H,4-13,16H2,1-3H3. The van der Waals surface area contributed by atoms with E-state index >= 15 is 0 Å². The van der Waals surface area contributed by atoms with E-state index in [9.17, 15) is 0 Å². The maximum Gasteiger partial charge on any atom is 0.156 e. The van der Waals surface area contributed by atoms with Crippen LogP contribution in [0.4, 0.5) is 0 Å². The summed E-state index contributed by atoms with van der Waals surface area (Å²) in [6.45, 7) is 6.99. The first-order valence-corrected chi connectivity index (χ1v) is 8.80. The Balaban J connectivity index is 2.99. The van der Waals surface area contributed by atoms with Crippen LogP contribution < -0.4 is 0 Å². The van der Waals surface area contributed by atoms with Crippen molar-refractivity contribution in [2.75, 3.05) is 0 Å². The van der Waals surface area contributed by atoms with Gasteiger partial charge in [0.25, 0.3) is 0 Å². The van der Waals surface area contributed by atoms with Gasteiger partial charge in [0.1, 0.15) is 0 Å². The highest BCUT2D eigenvalue weighted by Gasteiger charge is 2.08. The van der Waals surface area contributed by atoms with Gasteiger partial charge in [-0.15, -0.1) is 0 Å². The SMILES string of the molecule is CC(C)(C)CCCCCCCCCC[SiH2]O. The van der Waals surface area contributed by atoms with E-state index in [1.807, 2.05) is 0 Å². The summed E-state index contributed by atoms with van der Waals surface area (Å²) in [6.07, 6.45) is 12.4. The lowest BCUT2D eigenvalue weighted by molar-refractivity contribution is 0.356. The van der Waals surface area contributed by atoms with Gasteiger partial charge >= 0.3 is 0 Å². The second kappa shape index (κ2) is 10.3. The molecule has 0 aromatic carbocycles. The third kappa shape index (κ3) is 14.2. The monoisotopic (exact) mass is 244 g/mol. The molecule has 0 aliphatic heterocycles. The van der Waals surface area contributed by atoms with Crippen molar-refractivity contribution in [2.45, 2.75) is 84.6 Å². The van der Waals surface area contributed by atoms with Crippen molar-refractivity contribution in [1.29, 1.82) is 0 Å². The van der Waals surface area contributed by atoms with Gasteiger partial charge in [-0.25, -0.2) is 0 Å². The summed E-state index contributed by atoms with van der Waals surface area (Å²) < 4.78 is 0. The molecule has 2 heteroatoms. The molecule has 98 valence electrons. The van der Waals surface area contributed by atoms with Crippen LogP contribution in [0.15, 0.2) is 0 Å². The van der Waals surface area contributed by atoms with E-state index in [-0.39, 0.29) is 0 Å². The minimum absolute atomic E-state index is 0.522. The predicted octanol–water partition coefficient (Wildman–Crippen LogP) is 4.04. The van der Waals surface area contributed by atoms with Crippen molar-refractivity contribution in [2.24, 2.45) is 5.41 Å². The van der Waals surface area contributed by atoms with E-state index in [1.54, 1.807) is 0 Å². The Hall–Kier alpha value is 0.177. The first-order chi connectivity index (χ1) is 7.56. The zero-order valence-corrected chi connectivity index (χ0v) is 13.1. The molecule has 0 aliphatic rings. The van der Waals surface area contributed by atoms with E-state index in [0.717, 1.165) is 6.04 Å². The highest BCUT2D eigenvalue weighted by atomic mass is 28.2. The first-order valence-electron chi connectivity index (χ1n) is 7.17. The predicted molar refractivity (Wildman–Crippen MR) is 76.6 cm³/mol. The summed E-state index contributed by atoms with van der Waals surface area (Å²) in [5.74, 6) is 0. The molecule has 0 spiro atoms. The summed E-state index contributed by atoms with van der Waals surface area (Å²) in [5, 5.41) is 0. The van der Waals surface area contributed by atoms with Gasteiger partial charge in [0, 0.05) is 0 Å². The molecule has 0 heterocycles. The van der Waals surface area contributed by atoms with Gasteiger partial charge in [-0.3, -0.25) is 0 Å². The van der Waals surface area contributed by atoms with Crippen molar-refractivity contribution in [3.05, 3.63) is 0 Å². The normalized spacial score (nSPS) is 12.8. The number of unbranched alkanes of at least 4 members (excludes halogenated alkanes) is 7. The molecule has 0 aromatic rings. The van der Waals surface area contributed by atoms with Crippen LogP contribution in [0.25, 0.3) is 0 Å². The Bertz CT molecular complexity index is 140. The minimum Gasteiger partial charge on any atom is -0.438 e. The first kappa shape index (κ1) is 16.2. The van der Waals surface area contributed by atoms with Crippen LogP contribution in [0.1, 0.15) is 78.6 Å². The Morgan fingerprint density at radius 3 is 1.62 bits per heavy atom. The van der Waals surface area contributed by atoms with Crippen LogP contribution in [-0.2, 0) is 0 Å². The summed E-state index contributed by atoms with van der Waals surface area (Å²) in [5.41, 5.74) is 0.522. The zero-order valence-electron chi connectivity index (χ0n) is 11.7. The average molecular weight is 244 g/mol. The Kier molecular flexibility index (Phi) is 10.5. The zero-order chi connectivity index (χ0) is 12.3. The van der Waals surface area contributed by atoms with Crippen molar-refractivity contribution >= 4 is 9.76 Å². The molecule has 0 saturated carbocycles. The summed E-state index contributed by atoms with van der Waals surface area (Å²) >= 11 is 0. The van der Waals surface area contributed by atoms with Crippen molar-refractivity contribution < 1.29 is 4.80 Å². The van der Waals surface area contributed by atoms with E-state index in [1.165, 1.54) is 57.8 Å². The van der Waals surface area contributed by atoms with Crippen LogP contribution in [0, 0.1) is 5.41 Å². The van der Waals surface area contributed by atoms with Crippen LogP contribution in [0.2, 0.25) is 6.04 Å². The summed E-state index contributed by atoms with van der Waals surface area (Å²) in [4.78, 5) is 8.77. The fraction of sp³-hybridized carbons (Fsp3) is 1.00. The highest BCUT2D eigenvalue weighted by Crippen LogP contribution is 2.22. The molecule has 0 fully saturated rings. The number of rotatable bonds is 10. The van der Waals surface area contributed by atoms with E-state index in [0.29, 0.717) is 5.41 Å². The molecule has 0 saturated heterocycles. The van der Waals surface area contributed by atoms with Gasteiger partial charge in [0.05, 0.1) is 0 Å². The molecule has 1 nitrogen and oxygen atoms in total. The molecule has 0 bridgehead atoms. The maximum absolute atomic E-state index is 8.77. The summed E-state index contributed by atoms with van der Waals surface area (Å²) in [7, 11) is -0.650. The van der Waals surface area contributed by atoms with Gasteiger partial charge in [-0.1, -0.05) is 72.1 Å². The van der Waals surface area contributed by atoms with E-state index in [4.69, 9.17) is 4.80 Å². The maximum atomic E-state index is 8.77. The van der Waals surface area contributed by atoms with Gasteiger partial charge in [0.15, 0.2) is 9.76 Å². The molecule has 1 N–H and O–H groups in total. The van der Waals surface area contributed by atoms with Crippen LogP contribution >= 0.6 is 0 Å². The lowest BCUT2D eigenvalue weighted by Gasteiger charge is -2.17. The molecular weight excluding hydrogens is 212 g/mol. The Labute approximate surface area is 105 Å². The fourth-order valence-corrected chi connectivity index (χ4v) is 2.58. The van der Waals surface area contributed by atoms with Crippen molar-refractivity contribution in [3.63, 3.8) is 0 Å². The Morgan fingerprint density at radius 2 is 1.19 bits per heavy atom. The summed E-state index contributed by atoms with van der Waals surface area (Å²) in [6, 6.07) is 1.13. The molecule has 0 radical (unpaired) electrons. The van der Waals surface area contributed by atoms with Gasteiger partial charge in [0.2, 0.25) is 0 Å². The molecule has 16 heavy (non-hydrogen) atoms. The molecule has 0 rings (SSSR count). The van der Waals surface area contributed by atoms with E-state index in [2.05, 4.69) is 20.8 Å². The third-order valence-corrected chi connectivity index (χ3v) is 3.90. The largest absolute Gasteiger partial charge is 0.438 e. The van der Waals surface area contributed by atoms with Crippen molar-refractivity contribution in [3.8, 4) is 0 Å². The lowest BCUT2D eigenvalue weighted by atomic mass is 9.89. The third-order valence-electron chi connectivity index (χ3n) is 3.08. The molecule has 0 aliphatic carbocycles. The number of hydrogen-bond donors (Lipinski definition) is 1. The minimum atomic E-state index is -0.650. The number of hydrogen-bond acceptors (Lipinski definition) is 1. The quantitative estimate of drug-likeness (QED) is 0.454. The van der Waals surface area contributed by atoms with Gasteiger partial charge in [-0.2, -0.15) is 0 Å². The molecule has 0 aromatic heterocycles. The molecule has 0 unspecified atom stereocenters. The van der Waals surface area contributed by atoms with E-state index < -0.39 is 9.76 Å². The smallest absolute Gasteiger partial charge is 0.156 e. The topological polar surface area (TPSA) is 20.2 Å². The highest BCUT2D eigenvalue weighted by molar-refractivity contribution is 6.25. The van der Waals surface area contributed by atoms with Gasteiger partial charge < -0.3 is 4.80 Å². The van der Waals surface area contributed by atoms with Crippen LogP contribution in [-0.4, -0.2) is 14.6 Å². The fourth-order valence-electron chi connectivity index (χ4n) is 2.00. The van der Waals surface area contributed by atoms with Gasteiger partial charge in [-0.05, 0) is 17.9 Å². The lowest BCUT2D eigenvalue weighted by Crippen LogP contribution is -2.03. The second-order valence-electron chi connectivity index (χ2n) is 6.22. The Morgan fingerprint density at radius 1 is 0.750 bits per heavy atom. The van der Waals surface area contributed by atoms with Crippen LogP contribution in [0.5, 0.6) is 0 Å². The molecular formula is C14H32OSi. The van der Waals surface area contributed by atoms with Crippen molar-refractivity contribution in [1.82, 2.24) is 0 Å². The second-order valence-corrected chi connectivity index (χ2v) is 7.37. The average Bonchev–Trinajstić information content (AvgIpc) is 2.19. The molecule has 0 amide bonds.